The van der Waals surface area contributed by atoms with Crippen molar-refractivity contribution in [3.63, 3.8) is 0 Å². The summed E-state index contributed by atoms with van der Waals surface area (Å²) in [4.78, 5) is 28.0. The molecule has 1 fully saturated rings. The van der Waals surface area contributed by atoms with E-state index in [0.29, 0.717) is 56.9 Å². The Morgan fingerprint density at radius 3 is 2.38 bits per heavy atom. The van der Waals surface area contributed by atoms with Gasteiger partial charge in [-0.25, -0.2) is 14.0 Å². The number of nitrogens with one attached hydrogen (secondary N) is 1. The number of hydrogen-bond donors (Lipinski definition) is 1. The van der Waals surface area contributed by atoms with Crippen LogP contribution in [0.3, 0.4) is 0 Å². The molecule has 0 aliphatic carbocycles. The zero-order valence-corrected chi connectivity index (χ0v) is 16.6. The largest absolute Gasteiger partial charge is 0.462 e. The Labute approximate surface area is 170 Å². The molecule has 0 unspecified atom stereocenters. The Hall–Kier alpha value is -3.09. The highest BCUT2D eigenvalue weighted by atomic mass is 19.1. The molecule has 1 aliphatic heterocycles. The minimum Gasteiger partial charge on any atom is -0.462 e. The lowest BCUT2D eigenvalue weighted by Crippen LogP contribution is -2.52. The maximum Gasteiger partial charge on any atom is 0.338 e. The van der Waals surface area contributed by atoms with Crippen LogP contribution in [0.15, 0.2) is 48.5 Å². The first-order valence-corrected chi connectivity index (χ1v) is 9.87. The fourth-order valence-corrected chi connectivity index (χ4v) is 3.31. The van der Waals surface area contributed by atoms with Crippen molar-refractivity contribution in [2.45, 2.75) is 13.3 Å². The van der Waals surface area contributed by atoms with E-state index in [1.807, 2.05) is 12.1 Å². The second-order valence-corrected chi connectivity index (χ2v) is 6.81. The normalized spacial score (nSPS) is 13.9. The van der Waals surface area contributed by atoms with Gasteiger partial charge in [0.15, 0.2) is 0 Å². The number of amides is 2. The van der Waals surface area contributed by atoms with E-state index in [2.05, 4.69) is 10.2 Å². The number of esters is 1. The number of anilines is 1. The van der Waals surface area contributed by atoms with Gasteiger partial charge in [0.25, 0.3) is 0 Å². The lowest BCUT2D eigenvalue weighted by Gasteiger charge is -2.36. The van der Waals surface area contributed by atoms with Gasteiger partial charge in [0, 0.05) is 38.4 Å². The number of urea groups is 1. The van der Waals surface area contributed by atoms with Crippen LogP contribution in [-0.2, 0) is 11.2 Å². The van der Waals surface area contributed by atoms with Crippen LogP contribution in [0.25, 0.3) is 0 Å². The molecule has 7 heteroatoms. The molecule has 3 rings (SSSR count). The Morgan fingerprint density at radius 1 is 1.03 bits per heavy atom. The van der Waals surface area contributed by atoms with Crippen molar-refractivity contribution in [1.82, 2.24) is 10.2 Å². The Bertz CT molecular complexity index is 833. The fraction of sp³-hybridized carbons (Fsp3) is 0.364. The first-order valence-electron chi connectivity index (χ1n) is 9.87. The van der Waals surface area contributed by atoms with Crippen LogP contribution in [-0.4, -0.2) is 56.2 Å². The zero-order valence-electron chi connectivity index (χ0n) is 16.6. The standard InChI is InChI=1S/C22H26FN3O3/c1-2-29-21(27)18-7-9-19(10-8-18)25-13-15-26(16-14-25)22(28)24-12-11-17-5-3-4-6-20(17)23/h3-10H,2,11-16H2,1H3,(H,24,28). The Balaban J connectivity index is 1.44. The summed E-state index contributed by atoms with van der Waals surface area (Å²) in [6.07, 6.45) is 0.463. The monoisotopic (exact) mass is 399 g/mol. The summed E-state index contributed by atoms with van der Waals surface area (Å²) >= 11 is 0. The number of hydrogen-bond acceptors (Lipinski definition) is 4. The number of rotatable bonds is 6. The molecular formula is C22H26FN3O3. The van der Waals surface area contributed by atoms with Crippen molar-refractivity contribution < 1.29 is 18.7 Å². The van der Waals surface area contributed by atoms with Crippen LogP contribution < -0.4 is 10.2 Å². The van der Waals surface area contributed by atoms with E-state index in [-0.39, 0.29) is 17.8 Å². The number of carbonyl (C=O) groups is 2. The highest BCUT2D eigenvalue weighted by Crippen LogP contribution is 2.18. The summed E-state index contributed by atoms with van der Waals surface area (Å²) in [5.74, 6) is -0.569. The quantitative estimate of drug-likeness (QED) is 0.759. The van der Waals surface area contributed by atoms with Crippen molar-refractivity contribution in [3.8, 4) is 0 Å². The van der Waals surface area contributed by atoms with E-state index >= 15 is 0 Å². The molecule has 2 aromatic carbocycles. The first-order chi connectivity index (χ1) is 14.1. The summed E-state index contributed by atoms with van der Waals surface area (Å²) in [5.41, 5.74) is 2.14. The molecule has 154 valence electrons. The van der Waals surface area contributed by atoms with Crippen LogP contribution in [0.2, 0.25) is 0 Å². The van der Waals surface area contributed by atoms with Gasteiger partial charge in [-0.05, 0) is 49.2 Å². The second kappa shape index (κ2) is 9.91. The highest BCUT2D eigenvalue weighted by molar-refractivity contribution is 5.89. The summed E-state index contributed by atoms with van der Waals surface area (Å²) in [6.45, 7) is 5.15. The molecule has 1 saturated heterocycles. The molecule has 2 amide bonds. The number of piperazine rings is 1. The first kappa shape index (κ1) is 20.6. The van der Waals surface area contributed by atoms with Gasteiger partial charge in [-0.1, -0.05) is 18.2 Å². The Kier molecular flexibility index (Phi) is 7.05. The number of halogens is 1. The van der Waals surface area contributed by atoms with Crippen molar-refractivity contribution in [1.29, 1.82) is 0 Å². The summed E-state index contributed by atoms with van der Waals surface area (Å²) in [7, 11) is 0. The van der Waals surface area contributed by atoms with Crippen molar-refractivity contribution >= 4 is 17.7 Å². The summed E-state index contributed by atoms with van der Waals surface area (Å²) < 4.78 is 18.6. The lowest BCUT2D eigenvalue weighted by molar-refractivity contribution is 0.0526. The highest BCUT2D eigenvalue weighted by Gasteiger charge is 2.21. The summed E-state index contributed by atoms with van der Waals surface area (Å²) in [6, 6.07) is 13.8. The predicted octanol–water partition coefficient (Wildman–Crippen LogP) is 3.08. The van der Waals surface area contributed by atoms with E-state index in [4.69, 9.17) is 4.74 Å². The van der Waals surface area contributed by atoms with E-state index in [1.165, 1.54) is 6.07 Å². The molecule has 1 aliphatic rings. The van der Waals surface area contributed by atoms with E-state index in [9.17, 15) is 14.0 Å². The van der Waals surface area contributed by atoms with E-state index in [0.717, 1.165) is 5.69 Å². The molecule has 6 nitrogen and oxygen atoms in total. The molecule has 0 radical (unpaired) electrons. The van der Waals surface area contributed by atoms with Crippen LogP contribution >= 0.6 is 0 Å². The van der Waals surface area contributed by atoms with Gasteiger partial charge in [0.2, 0.25) is 0 Å². The lowest BCUT2D eigenvalue weighted by atomic mass is 10.1. The fourth-order valence-electron chi connectivity index (χ4n) is 3.31. The number of benzene rings is 2. The molecule has 0 spiro atoms. The van der Waals surface area contributed by atoms with Crippen LogP contribution in [0.4, 0.5) is 14.9 Å². The average molecular weight is 399 g/mol. The number of ether oxygens (including phenoxy) is 1. The third-order valence-electron chi connectivity index (χ3n) is 4.94. The molecule has 0 bridgehead atoms. The maximum atomic E-state index is 13.6. The Morgan fingerprint density at radius 2 is 1.72 bits per heavy atom. The van der Waals surface area contributed by atoms with Crippen molar-refractivity contribution in [2.75, 3.05) is 44.2 Å². The summed E-state index contributed by atoms with van der Waals surface area (Å²) in [5, 5.41) is 2.86. The number of carbonyl (C=O) groups excluding carboxylic acids is 2. The van der Waals surface area contributed by atoms with Gasteiger partial charge in [-0.15, -0.1) is 0 Å². The molecule has 1 N–H and O–H groups in total. The average Bonchev–Trinajstić information content (AvgIpc) is 2.75. The number of nitrogens with zero attached hydrogens (tertiary/aromatic N) is 2. The van der Waals surface area contributed by atoms with Crippen LogP contribution in [0.5, 0.6) is 0 Å². The van der Waals surface area contributed by atoms with Crippen LogP contribution in [0.1, 0.15) is 22.8 Å². The molecule has 0 aromatic heterocycles. The minimum absolute atomic E-state index is 0.126. The van der Waals surface area contributed by atoms with Gasteiger partial charge < -0.3 is 19.9 Å². The van der Waals surface area contributed by atoms with Gasteiger partial charge in [0.1, 0.15) is 5.82 Å². The van der Waals surface area contributed by atoms with E-state index < -0.39 is 0 Å². The molecule has 2 aromatic rings. The van der Waals surface area contributed by atoms with Gasteiger partial charge in [-0.3, -0.25) is 0 Å². The van der Waals surface area contributed by atoms with Crippen LogP contribution in [0, 0.1) is 5.82 Å². The van der Waals surface area contributed by atoms with E-state index in [1.54, 1.807) is 42.2 Å². The molecule has 1 heterocycles. The van der Waals surface area contributed by atoms with Crippen molar-refractivity contribution in [2.24, 2.45) is 0 Å². The zero-order chi connectivity index (χ0) is 20.6. The van der Waals surface area contributed by atoms with Gasteiger partial charge >= 0.3 is 12.0 Å². The smallest absolute Gasteiger partial charge is 0.338 e. The predicted molar refractivity (Wildman–Crippen MR) is 110 cm³/mol. The third kappa shape index (κ3) is 5.47. The molecule has 29 heavy (non-hydrogen) atoms. The van der Waals surface area contributed by atoms with Crippen molar-refractivity contribution in [3.05, 3.63) is 65.5 Å². The van der Waals surface area contributed by atoms with Gasteiger partial charge in [-0.2, -0.15) is 0 Å². The molecule has 0 saturated carbocycles. The van der Waals surface area contributed by atoms with Gasteiger partial charge in [0.05, 0.1) is 12.2 Å². The minimum atomic E-state index is -0.323. The topological polar surface area (TPSA) is 61.9 Å². The molecule has 0 atom stereocenters. The molecular weight excluding hydrogens is 373 g/mol. The third-order valence-corrected chi connectivity index (χ3v) is 4.94. The maximum absolute atomic E-state index is 13.6. The second-order valence-electron chi connectivity index (χ2n) is 6.81. The SMILES string of the molecule is CCOC(=O)c1ccc(N2CCN(C(=O)NCCc3ccccc3F)CC2)cc1.